The van der Waals surface area contributed by atoms with Crippen molar-refractivity contribution in [3.8, 4) is 11.5 Å². The summed E-state index contributed by atoms with van der Waals surface area (Å²) in [6, 6.07) is 3.76. The number of pyridine rings is 1. The number of amides is 2. The molecule has 0 fully saturated rings. The lowest BCUT2D eigenvalue weighted by molar-refractivity contribution is 0.210. The molecule has 30 heavy (non-hydrogen) atoms. The van der Waals surface area contributed by atoms with Crippen LogP contribution >= 0.6 is 0 Å². The summed E-state index contributed by atoms with van der Waals surface area (Å²) in [4.78, 5) is 16.0. The van der Waals surface area contributed by atoms with E-state index in [9.17, 15) is 4.79 Å². The van der Waals surface area contributed by atoms with E-state index >= 15 is 0 Å². The Bertz CT molecular complexity index is 859. The minimum absolute atomic E-state index is 0.102. The van der Waals surface area contributed by atoms with Gasteiger partial charge in [0.1, 0.15) is 0 Å². The van der Waals surface area contributed by atoms with Gasteiger partial charge in [-0.25, -0.2) is 4.79 Å². The molecular formula is C23H33N5O2. The number of urea groups is 1. The first-order valence-corrected chi connectivity index (χ1v) is 10.8. The monoisotopic (exact) mass is 411 g/mol. The number of carbonyl (C=O) groups is 1. The van der Waals surface area contributed by atoms with E-state index < -0.39 is 0 Å². The zero-order chi connectivity index (χ0) is 21.7. The highest BCUT2D eigenvalue weighted by Gasteiger charge is 2.32. The van der Waals surface area contributed by atoms with Gasteiger partial charge in [-0.3, -0.25) is 4.98 Å². The molecule has 1 aliphatic rings. The molecule has 0 radical (unpaired) electrons. The van der Waals surface area contributed by atoms with Gasteiger partial charge in [-0.2, -0.15) is 0 Å². The molecule has 0 spiro atoms. The summed E-state index contributed by atoms with van der Waals surface area (Å²) in [7, 11) is 0. The van der Waals surface area contributed by atoms with Crippen LogP contribution in [0.1, 0.15) is 46.9 Å². The lowest BCUT2D eigenvalue weighted by Gasteiger charge is -2.37. The van der Waals surface area contributed by atoms with Crippen LogP contribution in [0.3, 0.4) is 0 Å². The largest absolute Gasteiger partial charge is 0.421 e. The number of nitrogens with zero attached hydrogens (tertiary/aromatic N) is 3. The molecule has 0 aromatic carbocycles. The van der Waals surface area contributed by atoms with Gasteiger partial charge in [0.15, 0.2) is 0 Å². The van der Waals surface area contributed by atoms with Crippen LogP contribution in [0, 0.1) is 23.7 Å². The van der Waals surface area contributed by atoms with Crippen LogP contribution in [0.2, 0.25) is 0 Å². The maximum atomic E-state index is 12.0. The topological polar surface area (TPSA) is 92.9 Å². The number of nitrogens with one attached hydrogen (secondary N) is 2. The second-order valence-electron chi connectivity index (χ2n) is 8.87. The molecule has 0 saturated carbocycles. The first kappa shape index (κ1) is 22.0. The summed E-state index contributed by atoms with van der Waals surface area (Å²) in [5.41, 5.74) is 2.21. The lowest BCUT2D eigenvalue weighted by atomic mass is 9.70. The Kier molecular flexibility index (Phi) is 7.24. The van der Waals surface area contributed by atoms with Gasteiger partial charge in [0, 0.05) is 37.0 Å². The molecule has 0 bridgehead atoms. The number of allylic oxidation sites excluding steroid dienone is 1. The molecule has 2 N–H and O–H groups in total. The smallest absolute Gasteiger partial charge is 0.315 e. The van der Waals surface area contributed by atoms with Crippen molar-refractivity contribution < 1.29 is 9.21 Å². The third-order valence-electron chi connectivity index (χ3n) is 5.82. The molecule has 1 aliphatic carbocycles. The summed E-state index contributed by atoms with van der Waals surface area (Å²) in [5.74, 6) is 2.89. The van der Waals surface area contributed by atoms with Crippen molar-refractivity contribution in [3.05, 3.63) is 42.1 Å². The minimum Gasteiger partial charge on any atom is -0.421 e. The molecule has 0 aliphatic heterocycles. The van der Waals surface area contributed by atoms with Crippen molar-refractivity contribution in [1.29, 1.82) is 0 Å². The van der Waals surface area contributed by atoms with Crippen LogP contribution < -0.4 is 10.6 Å². The van der Waals surface area contributed by atoms with Crippen LogP contribution in [0.25, 0.3) is 11.5 Å². The van der Waals surface area contributed by atoms with Gasteiger partial charge in [0.25, 0.3) is 0 Å². The molecule has 2 heterocycles. The minimum atomic E-state index is -0.102. The first-order chi connectivity index (χ1) is 14.3. The fraction of sp³-hybridized carbons (Fsp3) is 0.565. The molecule has 3 atom stereocenters. The zero-order valence-electron chi connectivity index (χ0n) is 18.6. The molecule has 2 aromatic rings. The number of hydrogen-bond acceptors (Lipinski definition) is 5. The Morgan fingerprint density at radius 2 is 1.93 bits per heavy atom. The summed E-state index contributed by atoms with van der Waals surface area (Å²) in [6.45, 7) is 11.3. The molecule has 2 amide bonds. The summed E-state index contributed by atoms with van der Waals surface area (Å²) < 4.78 is 5.92. The Morgan fingerprint density at radius 1 is 1.20 bits per heavy atom. The van der Waals surface area contributed by atoms with Gasteiger partial charge in [0.05, 0.1) is 0 Å². The number of hydrogen-bond donors (Lipinski definition) is 2. The number of rotatable bonds is 7. The third-order valence-corrected chi connectivity index (χ3v) is 5.82. The van der Waals surface area contributed by atoms with E-state index in [0.29, 0.717) is 42.0 Å². The molecule has 0 saturated heterocycles. The van der Waals surface area contributed by atoms with Crippen molar-refractivity contribution >= 4 is 6.03 Å². The average Bonchev–Trinajstić information content (AvgIpc) is 3.16. The zero-order valence-corrected chi connectivity index (χ0v) is 18.6. The van der Waals surface area contributed by atoms with E-state index in [1.807, 2.05) is 26.0 Å². The summed E-state index contributed by atoms with van der Waals surface area (Å²) in [5, 5.41) is 14.4. The van der Waals surface area contributed by atoms with E-state index in [1.54, 1.807) is 12.4 Å². The lowest BCUT2D eigenvalue weighted by Crippen LogP contribution is -2.43. The normalized spacial score (nSPS) is 21.6. The predicted molar refractivity (Wildman–Crippen MR) is 117 cm³/mol. The first-order valence-electron chi connectivity index (χ1n) is 10.8. The van der Waals surface area contributed by atoms with Gasteiger partial charge in [-0.15, -0.1) is 10.2 Å². The molecule has 162 valence electrons. The van der Waals surface area contributed by atoms with Gasteiger partial charge in [0.2, 0.25) is 11.8 Å². The quantitative estimate of drug-likeness (QED) is 0.665. The van der Waals surface area contributed by atoms with Gasteiger partial charge >= 0.3 is 6.03 Å². The van der Waals surface area contributed by atoms with E-state index in [4.69, 9.17) is 4.42 Å². The Morgan fingerprint density at radius 3 is 2.60 bits per heavy atom. The Hall–Kier alpha value is -2.70. The van der Waals surface area contributed by atoms with E-state index in [-0.39, 0.29) is 12.1 Å². The second-order valence-corrected chi connectivity index (χ2v) is 8.87. The average molecular weight is 412 g/mol. The SMILES string of the molecule is CC1=C[C@@H](CNC(=O)NC(C)C)[C@H](C(C)C)C[C@H]1Cc1nnc(-c2ccncc2)o1. The molecule has 2 aromatic heterocycles. The van der Waals surface area contributed by atoms with Crippen LogP contribution in [0.4, 0.5) is 4.79 Å². The predicted octanol–water partition coefficient (Wildman–Crippen LogP) is 4.24. The van der Waals surface area contributed by atoms with E-state index in [0.717, 1.165) is 18.4 Å². The highest BCUT2D eigenvalue weighted by Crippen LogP contribution is 2.38. The summed E-state index contributed by atoms with van der Waals surface area (Å²) >= 11 is 0. The van der Waals surface area contributed by atoms with Crippen molar-refractivity contribution in [2.75, 3.05) is 6.54 Å². The molecule has 0 unspecified atom stereocenters. The van der Waals surface area contributed by atoms with Crippen LogP contribution in [0.5, 0.6) is 0 Å². The highest BCUT2D eigenvalue weighted by molar-refractivity contribution is 5.74. The van der Waals surface area contributed by atoms with Crippen LogP contribution in [0.15, 0.2) is 40.6 Å². The Labute approximate surface area is 178 Å². The maximum Gasteiger partial charge on any atom is 0.315 e. The van der Waals surface area contributed by atoms with Crippen molar-refractivity contribution in [2.45, 2.75) is 53.5 Å². The molecule has 7 heteroatoms. The van der Waals surface area contributed by atoms with Crippen molar-refractivity contribution in [3.63, 3.8) is 0 Å². The van der Waals surface area contributed by atoms with Crippen molar-refractivity contribution in [1.82, 2.24) is 25.8 Å². The maximum absolute atomic E-state index is 12.0. The fourth-order valence-corrected chi connectivity index (χ4v) is 4.19. The van der Waals surface area contributed by atoms with Crippen molar-refractivity contribution in [2.24, 2.45) is 23.7 Å². The second kappa shape index (κ2) is 9.87. The Balaban J connectivity index is 1.67. The van der Waals surface area contributed by atoms with Crippen LogP contribution in [-0.4, -0.2) is 33.8 Å². The fourth-order valence-electron chi connectivity index (χ4n) is 4.19. The van der Waals surface area contributed by atoms with Gasteiger partial charge in [-0.05, 0) is 63.0 Å². The molecule has 7 nitrogen and oxygen atoms in total. The van der Waals surface area contributed by atoms with Crippen LogP contribution in [-0.2, 0) is 6.42 Å². The standard InChI is InChI=1S/C23H33N5O2/c1-14(2)20-11-18(16(5)10-19(20)13-25-23(29)26-15(3)4)12-21-27-28-22(30-21)17-6-8-24-9-7-17/h6-10,14-15,18-20H,11-13H2,1-5H3,(H2,25,26,29)/t18-,19-,20-/m0/s1. The van der Waals surface area contributed by atoms with Gasteiger partial charge < -0.3 is 15.1 Å². The molecular weight excluding hydrogens is 378 g/mol. The third kappa shape index (κ3) is 5.68. The number of carbonyl (C=O) groups excluding carboxylic acids is 1. The highest BCUT2D eigenvalue weighted by atomic mass is 16.4. The van der Waals surface area contributed by atoms with E-state index in [2.05, 4.69) is 52.7 Å². The summed E-state index contributed by atoms with van der Waals surface area (Å²) in [6.07, 6.45) is 7.55. The van der Waals surface area contributed by atoms with E-state index in [1.165, 1.54) is 5.57 Å². The molecule has 3 rings (SSSR count). The number of aromatic nitrogens is 3. The van der Waals surface area contributed by atoms with Gasteiger partial charge in [-0.1, -0.05) is 25.5 Å².